The lowest BCUT2D eigenvalue weighted by Crippen LogP contribution is -2.40. The van der Waals surface area contributed by atoms with Gasteiger partial charge in [-0.3, -0.25) is 0 Å². The number of benzene rings is 1. The first kappa shape index (κ1) is 9.88. The summed E-state index contributed by atoms with van der Waals surface area (Å²) < 4.78 is 2.14. The first-order chi connectivity index (χ1) is 7.42. The van der Waals surface area contributed by atoms with Gasteiger partial charge in [-0.05, 0) is 12.1 Å². The maximum Gasteiger partial charge on any atom is 0.285 e. The van der Waals surface area contributed by atoms with Gasteiger partial charge in [-0.2, -0.15) is 5.26 Å². The van der Waals surface area contributed by atoms with Gasteiger partial charge in [0.25, 0.3) is 5.71 Å². The highest BCUT2D eigenvalue weighted by molar-refractivity contribution is 6.08. The molecule has 76 valence electrons. The van der Waals surface area contributed by atoms with Gasteiger partial charge in [0.1, 0.15) is 0 Å². The quantitative estimate of drug-likeness (QED) is 0.675. The Balaban J connectivity index is 2.35. The molecule has 1 aromatic rings. The molecule has 0 radical (unpaired) electrons. The first-order valence-corrected chi connectivity index (χ1v) is 5.20. The summed E-state index contributed by atoms with van der Waals surface area (Å²) in [7, 11) is 0. The van der Waals surface area contributed by atoms with E-state index in [1.54, 1.807) is 0 Å². The normalized spacial score (nSPS) is 15.8. The van der Waals surface area contributed by atoms with Crippen LogP contribution < -0.4 is 5.32 Å². The number of hydrogen-bond acceptors (Lipinski definition) is 2. The minimum atomic E-state index is 0.789. The number of rotatable bonds is 1. The average Bonchev–Trinajstić information content (AvgIpc) is 2.33. The van der Waals surface area contributed by atoms with E-state index in [1.807, 2.05) is 30.3 Å². The van der Waals surface area contributed by atoms with Crippen LogP contribution in [0.4, 0.5) is 0 Å². The third-order valence-corrected chi connectivity index (χ3v) is 2.59. The van der Waals surface area contributed by atoms with Crippen molar-refractivity contribution in [3.63, 3.8) is 0 Å². The van der Waals surface area contributed by atoms with Crippen LogP contribution in [0, 0.1) is 11.3 Å². The maximum atomic E-state index is 9.18. The third kappa shape index (κ3) is 2.23. The van der Waals surface area contributed by atoms with E-state index in [-0.39, 0.29) is 0 Å². The first-order valence-electron chi connectivity index (χ1n) is 5.20. The summed E-state index contributed by atoms with van der Waals surface area (Å²) in [6, 6.07) is 12.2. The van der Waals surface area contributed by atoms with Crippen molar-refractivity contribution in [2.45, 2.75) is 0 Å². The Labute approximate surface area is 89.7 Å². The van der Waals surface area contributed by atoms with E-state index in [4.69, 9.17) is 0 Å². The summed E-state index contributed by atoms with van der Waals surface area (Å²) >= 11 is 0. The molecule has 2 rings (SSSR count). The molecule has 3 nitrogen and oxygen atoms in total. The molecule has 0 unspecified atom stereocenters. The van der Waals surface area contributed by atoms with Crippen LogP contribution in [0.5, 0.6) is 0 Å². The summed E-state index contributed by atoms with van der Waals surface area (Å²) in [4.78, 5) is 0. The molecule has 1 aliphatic rings. The predicted molar refractivity (Wildman–Crippen MR) is 59.0 cm³/mol. The summed E-state index contributed by atoms with van der Waals surface area (Å²) in [6.45, 7) is 3.74. The largest absolute Gasteiger partial charge is 0.305 e. The molecule has 1 fully saturated rings. The smallest absolute Gasteiger partial charge is 0.285 e. The molecular weight excluding hydrogens is 186 g/mol. The molecule has 15 heavy (non-hydrogen) atoms. The lowest BCUT2D eigenvalue weighted by molar-refractivity contribution is -0.530. The van der Waals surface area contributed by atoms with Gasteiger partial charge in [0, 0.05) is 0 Å². The van der Waals surface area contributed by atoms with Crippen molar-refractivity contribution in [3.05, 3.63) is 35.9 Å². The maximum absolute atomic E-state index is 9.18. The monoisotopic (exact) mass is 200 g/mol. The molecule has 1 N–H and O–H groups in total. The minimum Gasteiger partial charge on any atom is -0.305 e. The number of piperazine rings is 1. The van der Waals surface area contributed by atoms with E-state index in [0.717, 1.165) is 37.5 Å². The Kier molecular flexibility index (Phi) is 3.11. The predicted octanol–water partition coefficient (Wildman–Crippen LogP) is 0.615. The molecule has 1 aromatic carbocycles. The van der Waals surface area contributed by atoms with Crippen LogP contribution in [0.2, 0.25) is 0 Å². The molecule has 1 aliphatic heterocycles. The lowest BCUT2D eigenvalue weighted by atomic mass is 10.1. The number of nitrogens with zero attached hydrogens (tertiary/aromatic N) is 2. The van der Waals surface area contributed by atoms with E-state index in [0.29, 0.717) is 0 Å². The Morgan fingerprint density at radius 3 is 2.47 bits per heavy atom. The molecule has 0 saturated carbocycles. The molecule has 0 bridgehead atoms. The standard InChI is InChI=1S/C12H14N3/c13-10-12(11-4-2-1-3-5-11)15-8-6-14-7-9-15/h1-5,14H,6-9H2/q+1. The zero-order chi connectivity index (χ0) is 10.5. The number of nitrogens with one attached hydrogen (secondary N) is 1. The summed E-state index contributed by atoms with van der Waals surface area (Å²) in [5.41, 5.74) is 1.80. The van der Waals surface area contributed by atoms with Crippen molar-refractivity contribution < 1.29 is 4.58 Å². The SMILES string of the molecule is N#CC(c1ccccc1)=[N+]1CCNCC1. The summed E-state index contributed by atoms with van der Waals surface area (Å²) in [5, 5.41) is 12.5. The van der Waals surface area contributed by atoms with Crippen molar-refractivity contribution in [3.8, 4) is 6.07 Å². The zero-order valence-corrected chi connectivity index (χ0v) is 8.61. The van der Waals surface area contributed by atoms with Crippen LogP contribution in [0.25, 0.3) is 0 Å². The van der Waals surface area contributed by atoms with Crippen LogP contribution >= 0.6 is 0 Å². The van der Waals surface area contributed by atoms with Gasteiger partial charge in [0.05, 0.1) is 18.7 Å². The fraction of sp³-hybridized carbons (Fsp3) is 0.333. The van der Waals surface area contributed by atoms with E-state index in [9.17, 15) is 5.26 Å². The van der Waals surface area contributed by atoms with Crippen LogP contribution in [0.15, 0.2) is 30.3 Å². The van der Waals surface area contributed by atoms with Crippen molar-refractivity contribution >= 4 is 5.71 Å². The van der Waals surface area contributed by atoms with Crippen LogP contribution in [-0.2, 0) is 0 Å². The summed E-state index contributed by atoms with van der Waals surface area (Å²) in [6.07, 6.45) is 0. The van der Waals surface area contributed by atoms with E-state index in [2.05, 4.69) is 16.0 Å². The van der Waals surface area contributed by atoms with Crippen LogP contribution in [0.1, 0.15) is 5.56 Å². The molecular formula is C12H14N3+. The Morgan fingerprint density at radius 1 is 1.20 bits per heavy atom. The third-order valence-electron chi connectivity index (χ3n) is 2.59. The fourth-order valence-electron chi connectivity index (χ4n) is 1.80. The number of hydrogen-bond donors (Lipinski definition) is 1. The van der Waals surface area contributed by atoms with Crippen LogP contribution in [-0.4, -0.2) is 36.5 Å². The zero-order valence-electron chi connectivity index (χ0n) is 8.61. The molecule has 0 aromatic heterocycles. The Bertz CT molecular complexity index is 393. The topological polar surface area (TPSA) is 38.8 Å². The van der Waals surface area contributed by atoms with Gasteiger partial charge in [-0.15, -0.1) is 0 Å². The fourth-order valence-corrected chi connectivity index (χ4v) is 1.80. The van der Waals surface area contributed by atoms with Crippen molar-refractivity contribution in [1.82, 2.24) is 5.32 Å². The Morgan fingerprint density at radius 2 is 1.87 bits per heavy atom. The minimum absolute atomic E-state index is 0.789. The van der Waals surface area contributed by atoms with Gasteiger partial charge in [-0.1, -0.05) is 18.2 Å². The highest BCUT2D eigenvalue weighted by atomic mass is 15.1. The van der Waals surface area contributed by atoms with E-state index < -0.39 is 0 Å². The second kappa shape index (κ2) is 4.72. The molecule has 1 saturated heterocycles. The Hall–Kier alpha value is -1.66. The average molecular weight is 200 g/mol. The van der Waals surface area contributed by atoms with Crippen molar-refractivity contribution in [2.75, 3.05) is 26.2 Å². The highest BCUT2D eigenvalue weighted by Gasteiger charge is 2.18. The highest BCUT2D eigenvalue weighted by Crippen LogP contribution is 2.01. The van der Waals surface area contributed by atoms with Gasteiger partial charge < -0.3 is 5.32 Å². The molecule has 1 heterocycles. The molecule has 3 heteroatoms. The van der Waals surface area contributed by atoms with Crippen molar-refractivity contribution in [1.29, 1.82) is 5.26 Å². The summed E-state index contributed by atoms with van der Waals surface area (Å²) in [5.74, 6) is 0. The van der Waals surface area contributed by atoms with Gasteiger partial charge in [-0.25, -0.2) is 4.58 Å². The molecule has 0 atom stereocenters. The van der Waals surface area contributed by atoms with Gasteiger partial charge >= 0.3 is 0 Å². The number of nitriles is 1. The molecule has 0 amide bonds. The molecule has 0 spiro atoms. The molecule has 0 aliphatic carbocycles. The second-order valence-electron chi connectivity index (χ2n) is 3.56. The van der Waals surface area contributed by atoms with E-state index >= 15 is 0 Å². The van der Waals surface area contributed by atoms with Crippen molar-refractivity contribution in [2.24, 2.45) is 0 Å². The second-order valence-corrected chi connectivity index (χ2v) is 3.56. The van der Waals surface area contributed by atoms with Crippen LogP contribution in [0.3, 0.4) is 0 Å². The van der Waals surface area contributed by atoms with Gasteiger partial charge in [0.15, 0.2) is 19.2 Å². The van der Waals surface area contributed by atoms with E-state index in [1.165, 1.54) is 0 Å². The lowest BCUT2D eigenvalue weighted by Gasteiger charge is -2.12. The van der Waals surface area contributed by atoms with Gasteiger partial charge in [0.2, 0.25) is 0 Å².